The van der Waals surface area contributed by atoms with Crippen molar-refractivity contribution in [1.29, 1.82) is 0 Å². The summed E-state index contributed by atoms with van der Waals surface area (Å²) in [6, 6.07) is 15.0. The highest BCUT2D eigenvalue weighted by Crippen LogP contribution is 2.17. The highest BCUT2D eigenvalue weighted by molar-refractivity contribution is 7.80. The SMILES string of the molecule is Cc1ccccc1C(=O)Oc1ccc(/C=N/NC(=S)NC2CCCCC2)cc1. The second-order valence-electron chi connectivity index (χ2n) is 6.95. The molecule has 0 unspecified atom stereocenters. The van der Waals surface area contributed by atoms with Gasteiger partial charge in [-0.3, -0.25) is 5.43 Å². The fraction of sp³-hybridized carbons (Fsp3) is 0.318. The molecule has 1 fully saturated rings. The third-order valence-electron chi connectivity index (χ3n) is 4.78. The Morgan fingerprint density at radius 1 is 1.11 bits per heavy atom. The summed E-state index contributed by atoms with van der Waals surface area (Å²) in [5, 5.41) is 8.02. The van der Waals surface area contributed by atoms with E-state index in [-0.39, 0.29) is 5.97 Å². The summed E-state index contributed by atoms with van der Waals surface area (Å²) >= 11 is 5.28. The maximum atomic E-state index is 12.3. The van der Waals surface area contributed by atoms with Crippen molar-refractivity contribution in [2.75, 3.05) is 0 Å². The van der Waals surface area contributed by atoms with Crippen molar-refractivity contribution in [3.63, 3.8) is 0 Å². The van der Waals surface area contributed by atoms with Crippen LogP contribution in [0.15, 0.2) is 53.6 Å². The zero-order chi connectivity index (χ0) is 19.8. The van der Waals surface area contributed by atoms with Gasteiger partial charge in [-0.1, -0.05) is 37.5 Å². The van der Waals surface area contributed by atoms with Gasteiger partial charge < -0.3 is 10.1 Å². The average molecular weight is 396 g/mol. The van der Waals surface area contributed by atoms with Crippen molar-refractivity contribution >= 4 is 29.5 Å². The summed E-state index contributed by atoms with van der Waals surface area (Å²) in [5.74, 6) is 0.133. The Hall–Kier alpha value is -2.73. The number of nitrogens with zero attached hydrogens (tertiary/aromatic N) is 1. The molecule has 1 saturated carbocycles. The molecule has 5 nitrogen and oxygen atoms in total. The van der Waals surface area contributed by atoms with E-state index in [4.69, 9.17) is 17.0 Å². The van der Waals surface area contributed by atoms with Crippen molar-refractivity contribution in [1.82, 2.24) is 10.7 Å². The number of rotatable bonds is 5. The summed E-state index contributed by atoms with van der Waals surface area (Å²) in [7, 11) is 0. The third kappa shape index (κ3) is 5.89. The molecule has 0 spiro atoms. The van der Waals surface area contributed by atoms with Gasteiger partial charge >= 0.3 is 5.97 Å². The van der Waals surface area contributed by atoms with E-state index in [2.05, 4.69) is 15.8 Å². The van der Waals surface area contributed by atoms with Crippen LogP contribution < -0.4 is 15.5 Å². The Balaban J connectivity index is 1.48. The quantitative estimate of drug-likeness (QED) is 0.259. The van der Waals surface area contributed by atoms with Crippen molar-refractivity contribution in [2.45, 2.75) is 45.1 Å². The topological polar surface area (TPSA) is 62.7 Å². The fourth-order valence-electron chi connectivity index (χ4n) is 3.22. The van der Waals surface area contributed by atoms with Gasteiger partial charge in [0.05, 0.1) is 11.8 Å². The highest BCUT2D eigenvalue weighted by atomic mass is 32.1. The van der Waals surface area contributed by atoms with Gasteiger partial charge in [0.2, 0.25) is 0 Å². The van der Waals surface area contributed by atoms with Gasteiger partial charge in [0, 0.05) is 6.04 Å². The van der Waals surface area contributed by atoms with Crippen LogP contribution in [0.4, 0.5) is 0 Å². The maximum absolute atomic E-state index is 12.3. The number of hydrogen-bond acceptors (Lipinski definition) is 4. The number of thiocarbonyl (C=S) groups is 1. The molecular weight excluding hydrogens is 370 g/mol. The molecule has 0 radical (unpaired) electrons. The molecule has 0 aliphatic heterocycles. The highest BCUT2D eigenvalue weighted by Gasteiger charge is 2.13. The fourth-order valence-corrected chi connectivity index (χ4v) is 3.44. The molecule has 2 N–H and O–H groups in total. The number of hydrazone groups is 1. The second-order valence-corrected chi connectivity index (χ2v) is 7.36. The number of benzene rings is 2. The number of carbonyl (C=O) groups is 1. The molecule has 146 valence electrons. The maximum Gasteiger partial charge on any atom is 0.343 e. The van der Waals surface area contributed by atoms with Gasteiger partial charge in [0.25, 0.3) is 0 Å². The van der Waals surface area contributed by atoms with Crippen molar-refractivity contribution < 1.29 is 9.53 Å². The van der Waals surface area contributed by atoms with Gasteiger partial charge in [0.1, 0.15) is 5.75 Å². The summed E-state index contributed by atoms with van der Waals surface area (Å²) < 4.78 is 5.43. The minimum Gasteiger partial charge on any atom is -0.423 e. The lowest BCUT2D eigenvalue weighted by atomic mass is 9.96. The number of hydrogen-bond donors (Lipinski definition) is 2. The van der Waals surface area contributed by atoms with Crippen LogP contribution in [-0.2, 0) is 0 Å². The van der Waals surface area contributed by atoms with E-state index < -0.39 is 0 Å². The first-order valence-electron chi connectivity index (χ1n) is 9.59. The summed E-state index contributed by atoms with van der Waals surface area (Å²) in [6.07, 6.45) is 7.83. The van der Waals surface area contributed by atoms with Gasteiger partial charge in [-0.2, -0.15) is 5.10 Å². The smallest absolute Gasteiger partial charge is 0.343 e. The number of aryl methyl sites for hydroxylation is 1. The normalized spacial score (nSPS) is 14.6. The van der Waals surface area contributed by atoms with E-state index in [1.807, 2.05) is 37.3 Å². The molecule has 28 heavy (non-hydrogen) atoms. The first-order chi connectivity index (χ1) is 13.6. The van der Waals surface area contributed by atoms with Crippen LogP contribution in [0.3, 0.4) is 0 Å². The second kappa shape index (κ2) is 9.99. The van der Waals surface area contributed by atoms with Crippen LogP contribution in [0.25, 0.3) is 0 Å². The van der Waals surface area contributed by atoms with Crippen molar-refractivity contribution in [3.8, 4) is 5.75 Å². The molecule has 0 bridgehead atoms. The molecule has 1 aliphatic rings. The van der Waals surface area contributed by atoms with Crippen LogP contribution in [0, 0.1) is 6.92 Å². The first kappa shape index (κ1) is 20.0. The lowest BCUT2D eigenvalue weighted by Gasteiger charge is -2.23. The Morgan fingerprint density at radius 3 is 2.54 bits per heavy atom. The van der Waals surface area contributed by atoms with Crippen LogP contribution in [0.2, 0.25) is 0 Å². The third-order valence-corrected chi connectivity index (χ3v) is 4.98. The molecule has 3 rings (SSSR count). The molecule has 2 aromatic carbocycles. The number of carbonyl (C=O) groups excluding carboxylic acids is 1. The molecule has 0 atom stereocenters. The molecule has 0 heterocycles. The van der Waals surface area contributed by atoms with Gasteiger partial charge in [-0.15, -0.1) is 0 Å². The van der Waals surface area contributed by atoms with Crippen LogP contribution >= 0.6 is 12.2 Å². The van der Waals surface area contributed by atoms with Gasteiger partial charge in [-0.25, -0.2) is 4.79 Å². The number of esters is 1. The largest absolute Gasteiger partial charge is 0.423 e. The Morgan fingerprint density at radius 2 is 1.82 bits per heavy atom. The van der Waals surface area contributed by atoms with Crippen LogP contribution in [0.5, 0.6) is 5.75 Å². The number of ether oxygens (including phenoxy) is 1. The van der Waals surface area contributed by atoms with Gasteiger partial charge in [0.15, 0.2) is 5.11 Å². The summed E-state index contributed by atoms with van der Waals surface area (Å²) in [6.45, 7) is 1.89. The van der Waals surface area contributed by atoms with E-state index in [0.29, 0.717) is 22.5 Å². The lowest BCUT2D eigenvalue weighted by molar-refractivity contribution is 0.0734. The lowest BCUT2D eigenvalue weighted by Crippen LogP contribution is -2.40. The monoisotopic (exact) mass is 395 g/mol. The van der Waals surface area contributed by atoms with Crippen LogP contribution in [-0.4, -0.2) is 23.3 Å². The molecule has 1 aliphatic carbocycles. The Labute approximate surface area is 171 Å². The predicted molar refractivity (Wildman–Crippen MR) is 116 cm³/mol. The van der Waals surface area contributed by atoms with Crippen LogP contribution in [0.1, 0.15) is 53.6 Å². The van der Waals surface area contributed by atoms with E-state index in [1.54, 1.807) is 24.4 Å². The Kier molecular flexibility index (Phi) is 7.14. The Bertz CT molecular complexity index is 843. The zero-order valence-corrected chi connectivity index (χ0v) is 16.8. The van der Waals surface area contributed by atoms with E-state index in [9.17, 15) is 4.79 Å². The van der Waals surface area contributed by atoms with E-state index >= 15 is 0 Å². The molecule has 0 saturated heterocycles. The molecular formula is C22H25N3O2S. The predicted octanol–water partition coefficient (Wildman–Crippen LogP) is 4.34. The molecule has 6 heteroatoms. The minimum atomic E-state index is -0.361. The van der Waals surface area contributed by atoms with E-state index in [1.165, 1.54) is 19.3 Å². The van der Waals surface area contributed by atoms with Gasteiger partial charge in [-0.05, 0) is 73.4 Å². The first-order valence-corrected chi connectivity index (χ1v) is 10.00. The summed E-state index contributed by atoms with van der Waals surface area (Å²) in [5.41, 5.74) is 5.19. The minimum absolute atomic E-state index is 0.361. The molecule has 0 amide bonds. The summed E-state index contributed by atoms with van der Waals surface area (Å²) in [4.78, 5) is 12.3. The number of nitrogens with one attached hydrogen (secondary N) is 2. The van der Waals surface area contributed by atoms with Crippen molar-refractivity contribution in [3.05, 3.63) is 65.2 Å². The molecule has 2 aromatic rings. The zero-order valence-electron chi connectivity index (χ0n) is 16.0. The van der Waals surface area contributed by atoms with E-state index in [0.717, 1.165) is 24.0 Å². The average Bonchev–Trinajstić information content (AvgIpc) is 2.70. The van der Waals surface area contributed by atoms with Crippen molar-refractivity contribution in [2.24, 2.45) is 5.10 Å². The standard InChI is InChI=1S/C22H25N3O2S/c1-16-7-5-6-10-20(16)21(26)27-19-13-11-17(12-14-19)15-23-25-22(28)24-18-8-3-2-4-9-18/h5-7,10-15,18H,2-4,8-9H2,1H3,(H2,24,25,28)/b23-15+. The molecule has 0 aromatic heterocycles.